The highest BCUT2D eigenvalue weighted by Gasteiger charge is 2.31. The molecule has 0 spiro atoms. The van der Waals surface area contributed by atoms with Gasteiger partial charge < -0.3 is 14.7 Å². The Morgan fingerprint density at radius 1 is 1.50 bits per heavy atom. The molecule has 0 amide bonds. The zero-order valence-corrected chi connectivity index (χ0v) is 14.5. The second-order valence-corrected chi connectivity index (χ2v) is 6.62. The number of aryl methyl sites for hydroxylation is 1. The number of rotatable bonds is 5. The summed E-state index contributed by atoms with van der Waals surface area (Å²) in [5.74, 6) is 1.84. The highest BCUT2D eigenvalue weighted by molar-refractivity contribution is 5.80. The van der Waals surface area contributed by atoms with E-state index in [0.29, 0.717) is 12.0 Å². The third-order valence-corrected chi connectivity index (χ3v) is 4.54. The standard InChI is InChI=1S/C17H30N4O/c1-5-8-17(3)9-7-10-21(13-17)16(18-4)19-12-15-11-14(6-2)20-22-15/h11H,5-10,12-13H2,1-4H3,(H,18,19). The zero-order valence-electron chi connectivity index (χ0n) is 14.5. The third kappa shape index (κ3) is 4.24. The van der Waals surface area contributed by atoms with Gasteiger partial charge in [0.25, 0.3) is 0 Å². The van der Waals surface area contributed by atoms with Crippen LogP contribution in [0.5, 0.6) is 0 Å². The molecule has 0 aromatic carbocycles. The van der Waals surface area contributed by atoms with Crippen LogP contribution in [0.4, 0.5) is 0 Å². The Morgan fingerprint density at radius 3 is 2.95 bits per heavy atom. The lowest BCUT2D eigenvalue weighted by Gasteiger charge is -2.41. The molecule has 1 atom stereocenters. The number of aromatic nitrogens is 1. The van der Waals surface area contributed by atoms with Crippen LogP contribution in [-0.2, 0) is 13.0 Å². The Bertz CT molecular complexity index is 493. The highest BCUT2D eigenvalue weighted by atomic mass is 16.5. The number of hydrogen-bond acceptors (Lipinski definition) is 3. The molecule has 5 heteroatoms. The van der Waals surface area contributed by atoms with Gasteiger partial charge in [0.05, 0.1) is 12.2 Å². The summed E-state index contributed by atoms with van der Waals surface area (Å²) in [6.45, 7) is 9.55. The predicted octanol–water partition coefficient (Wildman–Crippen LogP) is 3.21. The van der Waals surface area contributed by atoms with Crippen molar-refractivity contribution < 1.29 is 4.52 Å². The van der Waals surface area contributed by atoms with Gasteiger partial charge in [0.2, 0.25) is 0 Å². The highest BCUT2D eigenvalue weighted by Crippen LogP contribution is 2.33. The zero-order chi connectivity index (χ0) is 16.0. The Balaban J connectivity index is 1.93. The molecule has 1 unspecified atom stereocenters. The summed E-state index contributed by atoms with van der Waals surface area (Å²) in [5.41, 5.74) is 1.41. The lowest BCUT2D eigenvalue weighted by atomic mass is 9.78. The van der Waals surface area contributed by atoms with Crippen LogP contribution in [0.1, 0.15) is 57.9 Å². The van der Waals surface area contributed by atoms with Gasteiger partial charge >= 0.3 is 0 Å². The van der Waals surface area contributed by atoms with Gasteiger partial charge in [-0.2, -0.15) is 0 Å². The topological polar surface area (TPSA) is 53.7 Å². The van der Waals surface area contributed by atoms with Gasteiger partial charge in [-0.05, 0) is 31.1 Å². The Morgan fingerprint density at radius 2 is 2.32 bits per heavy atom. The summed E-state index contributed by atoms with van der Waals surface area (Å²) in [4.78, 5) is 6.83. The van der Waals surface area contributed by atoms with Crippen molar-refractivity contribution in [2.24, 2.45) is 10.4 Å². The van der Waals surface area contributed by atoms with Crippen LogP contribution in [0, 0.1) is 5.41 Å². The van der Waals surface area contributed by atoms with E-state index in [1.807, 2.05) is 13.1 Å². The van der Waals surface area contributed by atoms with Gasteiger partial charge in [0.1, 0.15) is 0 Å². The average Bonchev–Trinajstić information content (AvgIpc) is 2.96. The summed E-state index contributed by atoms with van der Waals surface area (Å²) < 4.78 is 5.33. The lowest BCUT2D eigenvalue weighted by Crippen LogP contribution is -2.49. The molecule has 1 saturated heterocycles. The fraction of sp³-hybridized carbons (Fsp3) is 0.765. The van der Waals surface area contributed by atoms with E-state index in [-0.39, 0.29) is 0 Å². The van der Waals surface area contributed by atoms with E-state index in [4.69, 9.17) is 4.52 Å². The second kappa shape index (κ2) is 7.65. The molecule has 2 heterocycles. The quantitative estimate of drug-likeness (QED) is 0.670. The van der Waals surface area contributed by atoms with Crippen molar-refractivity contribution in [2.45, 2.75) is 59.4 Å². The number of aliphatic imine (C=N–C) groups is 1. The maximum atomic E-state index is 5.33. The van der Waals surface area contributed by atoms with Crippen LogP contribution in [0.3, 0.4) is 0 Å². The number of likely N-dealkylation sites (tertiary alicyclic amines) is 1. The first-order valence-corrected chi connectivity index (χ1v) is 8.50. The monoisotopic (exact) mass is 306 g/mol. The summed E-state index contributed by atoms with van der Waals surface area (Å²) in [6.07, 6.45) is 5.98. The number of guanidine groups is 1. The Hall–Kier alpha value is -1.52. The van der Waals surface area contributed by atoms with Crippen molar-refractivity contribution in [2.75, 3.05) is 20.1 Å². The smallest absolute Gasteiger partial charge is 0.194 e. The van der Waals surface area contributed by atoms with Gasteiger partial charge in [-0.1, -0.05) is 32.3 Å². The number of nitrogens with one attached hydrogen (secondary N) is 1. The van der Waals surface area contributed by atoms with E-state index in [0.717, 1.165) is 36.9 Å². The summed E-state index contributed by atoms with van der Waals surface area (Å²) in [6, 6.07) is 2.01. The number of nitrogens with zero attached hydrogens (tertiary/aromatic N) is 3. The first-order chi connectivity index (χ1) is 10.6. The molecule has 0 radical (unpaired) electrons. The molecule has 1 N–H and O–H groups in total. The van der Waals surface area contributed by atoms with Crippen molar-refractivity contribution in [1.82, 2.24) is 15.4 Å². The van der Waals surface area contributed by atoms with Crippen molar-refractivity contribution in [1.29, 1.82) is 0 Å². The van der Waals surface area contributed by atoms with Crippen molar-refractivity contribution in [3.05, 3.63) is 17.5 Å². The maximum absolute atomic E-state index is 5.33. The van der Waals surface area contributed by atoms with Gasteiger partial charge in [-0.3, -0.25) is 4.99 Å². The number of piperidine rings is 1. The van der Waals surface area contributed by atoms with Crippen molar-refractivity contribution >= 4 is 5.96 Å². The van der Waals surface area contributed by atoms with Gasteiger partial charge in [-0.25, -0.2) is 0 Å². The predicted molar refractivity (Wildman–Crippen MR) is 89.9 cm³/mol. The molecule has 0 aliphatic carbocycles. The van der Waals surface area contributed by atoms with Crippen LogP contribution in [-0.4, -0.2) is 36.2 Å². The van der Waals surface area contributed by atoms with E-state index in [1.54, 1.807) is 0 Å². The Labute approximate surface area is 134 Å². The van der Waals surface area contributed by atoms with E-state index in [1.165, 1.54) is 25.7 Å². The number of hydrogen-bond donors (Lipinski definition) is 1. The molecular formula is C17H30N4O. The molecule has 1 aliphatic heterocycles. The van der Waals surface area contributed by atoms with Crippen molar-refractivity contribution in [3.8, 4) is 0 Å². The van der Waals surface area contributed by atoms with Crippen LogP contribution in [0.15, 0.2) is 15.6 Å². The molecule has 5 nitrogen and oxygen atoms in total. The van der Waals surface area contributed by atoms with E-state index >= 15 is 0 Å². The molecule has 2 rings (SSSR count). The van der Waals surface area contributed by atoms with Gasteiger partial charge in [-0.15, -0.1) is 0 Å². The molecule has 0 bridgehead atoms. The maximum Gasteiger partial charge on any atom is 0.194 e. The first-order valence-electron chi connectivity index (χ1n) is 8.50. The molecular weight excluding hydrogens is 276 g/mol. The summed E-state index contributed by atoms with van der Waals surface area (Å²) >= 11 is 0. The molecule has 1 fully saturated rings. The van der Waals surface area contributed by atoms with E-state index in [2.05, 4.69) is 41.1 Å². The van der Waals surface area contributed by atoms with Crippen LogP contribution in [0.25, 0.3) is 0 Å². The Kier molecular flexibility index (Phi) is 5.86. The SMILES string of the molecule is CCCC1(C)CCCN(C(=NC)NCc2cc(CC)no2)C1. The second-order valence-electron chi connectivity index (χ2n) is 6.62. The fourth-order valence-electron chi connectivity index (χ4n) is 3.41. The fourth-order valence-corrected chi connectivity index (χ4v) is 3.41. The van der Waals surface area contributed by atoms with Crippen molar-refractivity contribution in [3.63, 3.8) is 0 Å². The van der Waals surface area contributed by atoms with Crippen LogP contribution < -0.4 is 5.32 Å². The lowest BCUT2D eigenvalue weighted by molar-refractivity contribution is 0.142. The molecule has 22 heavy (non-hydrogen) atoms. The molecule has 1 aromatic rings. The largest absolute Gasteiger partial charge is 0.359 e. The van der Waals surface area contributed by atoms with E-state index < -0.39 is 0 Å². The van der Waals surface area contributed by atoms with Gasteiger partial charge in [0.15, 0.2) is 11.7 Å². The normalized spacial score (nSPS) is 22.9. The third-order valence-electron chi connectivity index (χ3n) is 4.54. The van der Waals surface area contributed by atoms with Gasteiger partial charge in [0, 0.05) is 26.2 Å². The summed E-state index contributed by atoms with van der Waals surface area (Å²) in [7, 11) is 1.85. The molecule has 1 aliphatic rings. The molecule has 0 saturated carbocycles. The van der Waals surface area contributed by atoms with Crippen LogP contribution in [0.2, 0.25) is 0 Å². The molecule has 124 valence electrons. The summed E-state index contributed by atoms with van der Waals surface area (Å²) in [5, 5.41) is 7.44. The van der Waals surface area contributed by atoms with Crippen LogP contribution >= 0.6 is 0 Å². The minimum absolute atomic E-state index is 0.409. The van der Waals surface area contributed by atoms with E-state index in [9.17, 15) is 0 Å². The minimum Gasteiger partial charge on any atom is -0.359 e. The first kappa shape index (κ1) is 16.8. The minimum atomic E-state index is 0.409. The molecule has 1 aromatic heterocycles. The average molecular weight is 306 g/mol.